The molecule has 1 amide bonds. The Morgan fingerprint density at radius 1 is 1.24 bits per heavy atom. The van der Waals surface area contributed by atoms with Crippen LogP contribution in [0.4, 0.5) is 11.4 Å². The molecule has 0 unspecified atom stereocenters. The first-order chi connectivity index (χ1) is 16.2. The molecule has 6 nitrogen and oxygen atoms in total. The Morgan fingerprint density at radius 2 is 2.00 bits per heavy atom. The highest BCUT2D eigenvalue weighted by molar-refractivity contribution is 7.80. The molecule has 1 fully saturated rings. The molecule has 2 N–H and O–H groups in total. The normalized spacial score (nSPS) is 17.9. The predicted molar refractivity (Wildman–Crippen MR) is 142 cm³/mol. The SMILES string of the molecule is CCn1c(C)cc([C@@H]2[C@@H](c3ccccn3)NC(=S)N2c2ccc(NC(=O)C(C)C)c(Cl)c2)c1C. The predicted octanol–water partition coefficient (Wildman–Crippen LogP) is 5.94. The second kappa shape index (κ2) is 9.76. The monoisotopic (exact) mass is 495 g/mol. The first-order valence-corrected chi connectivity index (χ1v) is 12.3. The second-order valence-corrected chi connectivity index (χ2v) is 9.67. The number of anilines is 2. The van der Waals surface area contributed by atoms with Gasteiger partial charge in [-0.15, -0.1) is 0 Å². The van der Waals surface area contributed by atoms with Gasteiger partial charge in [-0.25, -0.2) is 0 Å². The summed E-state index contributed by atoms with van der Waals surface area (Å²) in [7, 11) is 0. The molecular formula is C26H30ClN5OS. The third-order valence-corrected chi connectivity index (χ3v) is 6.99. The molecule has 1 aliphatic rings. The first-order valence-electron chi connectivity index (χ1n) is 11.5. The standard InChI is InChI=1S/C26H30ClN5OS/c1-6-31-16(4)13-19(17(31)5)24-23(22-9-7-8-12-28-22)30-26(34)32(24)18-10-11-21(20(27)14-18)29-25(33)15(2)3/h7-15,23-24H,6H2,1-5H3,(H,29,33)(H,30,34)/t23-,24-/m1/s1. The molecule has 4 rings (SSSR count). The van der Waals surface area contributed by atoms with Gasteiger partial charge in [-0.1, -0.05) is 31.5 Å². The van der Waals surface area contributed by atoms with Crippen LogP contribution in [0.15, 0.2) is 48.7 Å². The zero-order valence-electron chi connectivity index (χ0n) is 20.1. The third kappa shape index (κ3) is 4.42. The molecule has 0 saturated carbocycles. The molecule has 2 atom stereocenters. The van der Waals surface area contributed by atoms with E-state index >= 15 is 0 Å². The summed E-state index contributed by atoms with van der Waals surface area (Å²) in [6, 6.07) is 13.6. The number of benzene rings is 1. The number of nitrogens with zero attached hydrogens (tertiary/aromatic N) is 3. The summed E-state index contributed by atoms with van der Waals surface area (Å²) in [5, 5.41) is 7.46. The van der Waals surface area contributed by atoms with E-state index in [0.29, 0.717) is 15.8 Å². The van der Waals surface area contributed by atoms with Gasteiger partial charge in [0, 0.05) is 35.7 Å². The van der Waals surface area contributed by atoms with Gasteiger partial charge >= 0.3 is 0 Å². The number of hydrogen-bond acceptors (Lipinski definition) is 3. The second-order valence-electron chi connectivity index (χ2n) is 8.88. The first kappa shape index (κ1) is 24.2. The van der Waals surface area contributed by atoms with E-state index in [1.54, 1.807) is 6.20 Å². The van der Waals surface area contributed by atoms with E-state index in [2.05, 4.69) is 51.9 Å². The Morgan fingerprint density at radius 3 is 2.59 bits per heavy atom. The molecule has 3 heterocycles. The van der Waals surface area contributed by atoms with Crippen LogP contribution < -0.4 is 15.5 Å². The van der Waals surface area contributed by atoms with Gasteiger partial charge in [0.1, 0.15) is 0 Å². The number of rotatable bonds is 6. The van der Waals surface area contributed by atoms with Crippen LogP contribution in [0.1, 0.15) is 55.5 Å². The number of carbonyl (C=O) groups is 1. The van der Waals surface area contributed by atoms with E-state index in [0.717, 1.165) is 17.9 Å². The van der Waals surface area contributed by atoms with Crippen LogP contribution in [0.25, 0.3) is 0 Å². The molecule has 1 aliphatic heterocycles. The Hall–Kier alpha value is -2.90. The van der Waals surface area contributed by atoms with E-state index in [9.17, 15) is 4.79 Å². The van der Waals surface area contributed by atoms with Gasteiger partial charge in [0.25, 0.3) is 0 Å². The number of pyridine rings is 1. The lowest BCUT2D eigenvalue weighted by atomic mass is 9.96. The Labute approximate surface area is 211 Å². The number of aryl methyl sites for hydroxylation is 1. The van der Waals surface area contributed by atoms with Crippen LogP contribution in [0, 0.1) is 19.8 Å². The highest BCUT2D eigenvalue weighted by atomic mass is 35.5. The lowest BCUT2D eigenvalue weighted by Gasteiger charge is -2.28. The molecule has 1 saturated heterocycles. The highest BCUT2D eigenvalue weighted by Crippen LogP contribution is 2.44. The maximum atomic E-state index is 12.2. The molecule has 8 heteroatoms. The van der Waals surface area contributed by atoms with E-state index in [-0.39, 0.29) is 23.9 Å². The number of amides is 1. The molecule has 2 aromatic heterocycles. The number of nitrogens with one attached hydrogen (secondary N) is 2. The lowest BCUT2D eigenvalue weighted by molar-refractivity contribution is -0.118. The Kier molecular flexibility index (Phi) is 6.96. The van der Waals surface area contributed by atoms with Gasteiger partial charge in [0.05, 0.1) is 28.5 Å². The smallest absolute Gasteiger partial charge is 0.226 e. The van der Waals surface area contributed by atoms with Crippen molar-refractivity contribution in [3.8, 4) is 0 Å². The third-order valence-electron chi connectivity index (χ3n) is 6.36. The van der Waals surface area contributed by atoms with E-state index in [4.69, 9.17) is 23.8 Å². The average molecular weight is 496 g/mol. The fraction of sp³-hybridized carbons (Fsp3) is 0.346. The molecule has 0 radical (unpaired) electrons. The van der Waals surface area contributed by atoms with Crippen LogP contribution >= 0.6 is 23.8 Å². The van der Waals surface area contributed by atoms with Crippen molar-refractivity contribution in [3.05, 3.63) is 76.3 Å². The van der Waals surface area contributed by atoms with Crippen molar-refractivity contribution in [2.24, 2.45) is 5.92 Å². The van der Waals surface area contributed by atoms with Crippen LogP contribution in [-0.4, -0.2) is 20.6 Å². The van der Waals surface area contributed by atoms with Crippen molar-refractivity contribution in [2.45, 2.75) is 53.2 Å². The maximum absolute atomic E-state index is 12.2. The fourth-order valence-electron chi connectivity index (χ4n) is 4.60. The minimum Gasteiger partial charge on any atom is -0.351 e. The summed E-state index contributed by atoms with van der Waals surface area (Å²) in [4.78, 5) is 18.9. The van der Waals surface area contributed by atoms with Crippen molar-refractivity contribution in [1.29, 1.82) is 0 Å². The molecule has 0 spiro atoms. The average Bonchev–Trinajstić information content (AvgIpc) is 3.30. The van der Waals surface area contributed by atoms with Crippen LogP contribution in [-0.2, 0) is 11.3 Å². The summed E-state index contributed by atoms with van der Waals surface area (Å²) in [6.45, 7) is 11.0. The molecule has 1 aromatic carbocycles. The highest BCUT2D eigenvalue weighted by Gasteiger charge is 2.42. The van der Waals surface area contributed by atoms with Crippen molar-refractivity contribution in [2.75, 3.05) is 10.2 Å². The van der Waals surface area contributed by atoms with Gasteiger partial charge in [-0.05, 0) is 75.0 Å². The molecule has 178 valence electrons. The maximum Gasteiger partial charge on any atom is 0.226 e. The van der Waals surface area contributed by atoms with E-state index < -0.39 is 0 Å². The number of thiocarbonyl (C=S) groups is 1. The van der Waals surface area contributed by atoms with Crippen LogP contribution in [0.3, 0.4) is 0 Å². The van der Waals surface area contributed by atoms with Gasteiger partial charge in [-0.3, -0.25) is 9.78 Å². The number of aromatic nitrogens is 2. The van der Waals surface area contributed by atoms with Gasteiger partial charge < -0.3 is 20.1 Å². The summed E-state index contributed by atoms with van der Waals surface area (Å²) >= 11 is 12.4. The van der Waals surface area contributed by atoms with Crippen LogP contribution in [0.5, 0.6) is 0 Å². The zero-order valence-corrected chi connectivity index (χ0v) is 21.7. The number of carbonyl (C=O) groups excluding carboxylic acids is 1. The largest absolute Gasteiger partial charge is 0.351 e. The van der Waals surface area contributed by atoms with Gasteiger partial charge in [-0.2, -0.15) is 0 Å². The topological polar surface area (TPSA) is 62.2 Å². The Bertz CT molecular complexity index is 1220. The number of halogens is 1. The minimum atomic E-state index is -0.136. The number of hydrogen-bond donors (Lipinski definition) is 2. The van der Waals surface area contributed by atoms with E-state index in [1.165, 1.54) is 17.0 Å². The van der Waals surface area contributed by atoms with Crippen molar-refractivity contribution >= 4 is 46.2 Å². The van der Waals surface area contributed by atoms with E-state index in [1.807, 2.05) is 50.2 Å². The molecule has 0 bridgehead atoms. The van der Waals surface area contributed by atoms with Crippen LogP contribution in [0.2, 0.25) is 5.02 Å². The van der Waals surface area contributed by atoms with Gasteiger partial charge in [0.15, 0.2) is 5.11 Å². The van der Waals surface area contributed by atoms with Crippen molar-refractivity contribution < 1.29 is 4.79 Å². The molecule has 0 aliphatic carbocycles. The summed E-state index contributed by atoms with van der Waals surface area (Å²) in [5.74, 6) is -0.212. The van der Waals surface area contributed by atoms with Crippen molar-refractivity contribution in [3.63, 3.8) is 0 Å². The van der Waals surface area contributed by atoms with Gasteiger partial charge in [0.2, 0.25) is 5.91 Å². The molecular weight excluding hydrogens is 466 g/mol. The zero-order chi connectivity index (χ0) is 24.6. The summed E-state index contributed by atoms with van der Waals surface area (Å²) < 4.78 is 2.31. The fourth-order valence-corrected chi connectivity index (χ4v) is 5.16. The summed E-state index contributed by atoms with van der Waals surface area (Å²) in [6.07, 6.45) is 1.80. The quantitative estimate of drug-likeness (QED) is 0.414. The summed E-state index contributed by atoms with van der Waals surface area (Å²) in [5.41, 5.74) is 5.96. The Balaban J connectivity index is 1.80. The van der Waals surface area contributed by atoms with Crippen molar-refractivity contribution in [1.82, 2.24) is 14.9 Å². The molecule has 34 heavy (non-hydrogen) atoms. The molecule has 3 aromatic rings. The lowest BCUT2D eigenvalue weighted by Crippen LogP contribution is -2.29. The minimum absolute atomic E-state index is 0.0758.